The molecule has 1 aliphatic heterocycles. The average Bonchev–Trinajstić information content (AvgIpc) is 3.27. The van der Waals surface area contributed by atoms with E-state index >= 15 is 0 Å². The molecule has 2 amide bonds. The van der Waals surface area contributed by atoms with Crippen molar-refractivity contribution < 1.29 is 9.59 Å². The second-order valence-corrected chi connectivity index (χ2v) is 6.25. The zero-order valence-corrected chi connectivity index (χ0v) is 13.9. The van der Waals surface area contributed by atoms with Crippen LogP contribution < -0.4 is 5.32 Å². The van der Waals surface area contributed by atoms with Gasteiger partial charge in [0.15, 0.2) is 0 Å². The normalized spacial score (nSPS) is 16.7. The topological polar surface area (TPSA) is 83.0 Å². The van der Waals surface area contributed by atoms with Gasteiger partial charge >= 0.3 is 0 Å². The fourth-order valence-electron chi connectivity index (χ4n) is 3.37. The Morgan fingerprint density at radius 3 is 2.96 bits per heavy atom. The number of aromatic amines is 1. The lowest BCUT2D eigenvalue weighted by Crippen LogP contribution is -2.42. The molecule has 0 aliphatic carbocycles. The second-order valence-electron chi connectivity index (χ2n) is 6.25. The smallest absolute Gasteiger partial charge is 0.270 e. The van der Waals surface area contributed by atoms with Gasteiger partial charge in [0, 0.05) is 30.7 Å². The fraction of sp³-hybridized carbons (Fsp3) is 0.278. The summed E-state index contributed by atoms with van der Waals surface area (Å²) in [5.41, 5.74) is 2.44. The van der Waals surface area contributed by atoms with E-state index in [1.165, 1.54) is 0 Å². The number of amides is 2. The summed E-state index contributed by atoms with van der Waals surface area (Å²) >= 11 is 0. The lowest BCUT2D eigenvalue weighted by Gasteiger charge is -2.33. The van der Waals surface area contributed by atoms with E-state index in [9.17, 15) is 9.59 Å². The molecule has 4 rings (SSSR count). The molecule has 3 heterocycles. The number of hydrogen-bond acceptors (Lipinski definition) is 3. The van der Waals surface area contributed by atoms with Crippen LogP contribution in [0.3, 0.4) is 0 Å². The van der Waals surface area contributed by atoms with Crippen LogP contribution in [0.1, 0.15) is 28.6 Å². The van der Waals surface area contributed by atoms with Gasteiger partial charge in [-0.3, -0.25) is 14.3 Å². The molecule has 0 fully saturated rings. The molecule has 0 radical (unpaired) electrons. The van der Waals surface area contributed by atoms with E-state index in [2.05, 4.69) is 15.4 Å². The average molecular weight is 337 g/mol. The highest BCUT2D eigenvalue weighted by atomic mass is 16.2. The molecule has 1 atom stereocenters. The van der Waals surface area contributed by atoms with E-state index in [0.717, 1.165) is 16.6 Å². The van der Waals surface area contributed by atoms with Crippen LogP contribution in [0.25, 0.3) is 10.9 Å². The predicted octanol–water partition coefficient (Wildman–Crippen LogP) is 1.70. The van der Waals surface area contributed by atoms with Crippen molar-refractivity contribution in [1.82, 2.24) is 25.0 Å². The van der Waals surface area contributed by atoms with Crippen LogP contribution in [0, 0.1) is 0 Å². The molecule has 25 heavy (non-hydrogen) atoms. The van der Waals surface area contributed by atoms with E-state index in [-0.39, 0.29) is 17.9 Å². The zero-order chi connectivity index (χ0) is 17.4. The number of hydrogen-bond donors (Lipinski definition) is 2. The molecule has 128 valence electrons. The molecule has 0 bridgehead atoms. The van der Waals surface area contributed by atoms with Gasteiger partial charge in [0.2, 0.25) is 5.91 Å². The Labute approximate surface area is 144 Å². The lowest BCUT2D eigenvalue weighted by molar-refractivity contribution is -0.121. The van der Waals surface area contributed by atoms with Gasteiger partial charge in [0.1, 0.15) is 5.69 Å². The Morgan fingerprint density at radius 2 is 2.16 bits per heavy atom. The number of benzene rings is 1. The molecule has 2 aromatic heterocycles. The van der Waals surface area contributed by atoms with Crippen molar-refractivity contribution in [3.05, 3.63) is 54.0 Å². The van der Waals surface area contributed by atoms with Crippen LogP contribution in [0.5, 0.6) is 0 Å². The van der Waals surface area contributed by atoms with Gasteiger partial charge in [0.05, 0.1) is 24.7 Å². The van der Waals surface area contributed by atoms with E-state index in [1.54, 1.807) is 18.1 Å². The van der Waals surface area contributed by atoms with Gasteiger partial charge in [-0.15, -0.1) is 0 Å². The van der Waals surface area contributed by atoms with Gasteiger partial charge in [-0.1, -0.05) is 18.2 Å². The highest BCUT2D eigenvalue weighted by Crippen LogP contribution is 2.25. The largest absolute Gasteiger partial charge is 0.359 e. The predicted molar refractivity (Wildman–Crippen MR) is 93.0 cm³/mol. The first kappa shape index (κ1) is 15.4. The number of aromatic nitrogens is 3. The highest BCUT2D eigenvalue weighted by molar-refractivity contribution is 5.98. The number of para-hydroxylation sites is 1. The summed E-state index contributed by atoms with van der Waals surface area (Å²) in [5, 5.41) is 7.97. The van der Waals surface area contributed by atoms with Crippen molar-refractivity contribution in [2.75, 3.05) is 13.6 Å². The van der Waals surface area contributed by atoms with Crippen LogP contribution in [0.4, 0.5) is 0 Å². The van der Waals surface area contributed by atoms with Crippen LogP contribution in [-0.2, 0) is 11.3 Å². The SMILES string of the molecule is CNC(=O)CC1CN(C(=O)c2cc3ccccc3[nH]2)Cc2ccnn21. The van der Waals surface area contributed by atoms with Gasteiger partial charge in [-0.05, 0) is 18.2 Å². The molecular formula is C18H19N5O2. The van der Waals surface area contributed by atoms with E-state index < -0.39 is 0 Å². The molecule has 1 unspecified atom stereocenters. The number of nitrogens with zero attached hydrogens (tertiary/aromatic N) is 3. The summed E-state index contributed by atoms with van der Waals surface area (Å²) in [6, 6.07) is 11.4. The summed E-state index contributed by atoms with van der Waals surface area (Å²) in [6.07, 6.45) is 2.00. The maximum absolute atomic E-state index is 13.0. The van der Waals surface area contributed by atoms with Crippen molar-refractivity contribution in [2.45, 2.75) is 19.0 Å². The molecule has 3 aromatic rings. The van der Waals surface area contributed by atoms with Crippen molar-refractivity contribution in [2.24, 2.45) is 0 Å². The molecule has 7 heteroatoms. The van der Waals surface area contributed by atoms with Crippen LogP contribution in [-0.4, -0.2) is 45.1 Å². The van der Waals surface area contributed by atoms with Crippen molar-refractivity contribution >= 4 is 22.7 Å². The maximum Gasteiger partial charge on any atom is 0.270 e. The number of rotatable bonds is 3. The number of carbonyl (C=O) groups is 2. The number of fused-ring (bicyclic) bond motifs is 2. The quantitative estimate of drug-likeness (QED) is 0.763. The molecule has 0 saturated carbocycles. The Bertz CT molecular complexity index is 909. The van der Waals surface area contributed by atoms with Gasteiger partial charge in [0.25, 0.3) is 5.91 Å². The second kappa shape index (κ2) is 6.08. The number of nitrogens with one attached hydrogen (secondary N) is 2. The van der Waals surface area contributed by atoms with E-state index in [1.807, 2.05) is 41.1 Å². The first-order valence-electron chi connectivity index (χ1n) is 8.25. The fourth-order valence-corrected chi connectivity index (χ4v) is 3.37. The standard InChI is InChI=1S/C18H19N5O2/c1-19-17(24)9-14-11-22(10-13-6-7-20-23(13)14)18(25)16-8-12-4-2-3-5-15(12)21-16/h2-8,14,21H,9-11H2,1H3,(H,19,24). The number of H-pyrrole nitrogens is 1. The summed E-state index contributed by atoms with van der Waals surface area (Å²) in [7, 11) is 1.61. The third-order valence-corrected chi connectivity index (χ3v) is 4.63. The Kier molecular flexibility index (Phi) is 3.76. The van der Waals surface area contributed by atoms with Gasteiger partial charge in [-0.2, -0.15) is 5.10 Å². The molecule has 1 aromatic carbocycles. The van der Waals surface area contributed by atoms with Crippen molar-refractivity contribution in [3.8, 4) is 0 Å². The minimum Gasteiger partial charge on any atom is -0.359 e. The molecule has 0 saturated heterocycles. The van der Waals surface area contributed by atoms with Crippen LogP contribution >= 0.6 is 0 Å². The van der Waals surface area contributed by atoms with Gasteiger partial charge < -0.3 is 15.2 Å². The monoisotopic (exact) mass is 337 g/mol. The summed E-state index contributed by atoms with van der Waals surface area (Å²) in [5.74, 6) is -0.128. The first-order chi connectivity index (χ1) is 12.2. The lowest BCUT2D eigenvalue weighted by atomic mass is 10.1. The highest BCUT2D eigenvalue weighted by Gasteiger charge is 2.30. The third kappa shape index (κ3) is 2.77. The molecular weight excluding hydrogens is 318 g/mol. The first-order valence-corrected chi connectivity index (χ1v) is 8.25. The van der Waals surface area contributed by atoms with Crippen LogP contribution in [0.15, 0.2) is 42.6 Å². The molecule has 1 aliphatic rings. The summed E-state index contributed by atoms with van der Waals surface area (Å²) < 4.78 is 1.85. The van der Waals surface area contributed by atoms with Crippen molar-refractivity contribution in [1.29, 1.82) is 0 Å². The Morgan fingerprint density at radius 1 is 1.32 bits per heavy atom. The molecule has 0 spiro atoms. The Balaban J connectivity index is 1.62. The van der Waals surface area contributed by atoms with E-state index in [4.69, 9.17) is 0 Å². The number of carbonyl (C=O) groups excluding carboxylic acids is 2. The molecule has 7 nitrogen and oxygen atoms in total. The van der Waals surface area contributed by atoms with Gasteiger partial charge in [-0.25, -0.2) is 0 Å². The minimum absolute atomic E-state index is 0.0636. The van der Waals surface area contributed by atoms with E-state index in [0.29, 0.717) is 25.2 Å². The molecule has 2 N–H and O–H groups in total. The third-order valence-electron chi connectivity index (χ3n) is 4.63. The Hall–Kier alpha value is -3.09. The summed E-state index contributed by atoms with van der Waals surface area (Å²) in [6.45, 7) is 0.939. The summed E-state index contributed by atoms with van der Waals surface area (Å²) in [4.78, 5) is 29.7. The van der Waals surface area contributed by atoms with Crippen molar-refractivity contribution in [3.63, 3.8) is 0 Å². The van der Waals surface area contributed by atoms with Crippen LogP contribution in [0.2, 0.25) is 0 Å². The minimum atomic E-state index is -0.160. The maximum atomic E-state index is 13.0. The zero-order valence-electron chi connectivity index (χ0n) is 13.9.